The van der Waals surface area contributed by atoms with Gasteiger partial charge in [-0.3, -0.25) is 9.59 Å². The average Bonchev–Trinajstić information content (AvgIpc) is 3.03. The summed E-state index contributed by atoms with van der Waals surface area (Å²) in [7, 11) is -3.89. The van der Waals surface area contributed by atoms with Crippen LogP contribution < -0.4 is 19.7 Å². The molecule has 2 N–H and O–H groups in total. The molecule has 0 radical (unpaired) electrons. The standard InChI is InChI=1S/C21H22F3N3O5S/c1-13-11-15-12-18(7-8-19(15)27(13)14(2)28)33(30,31)25-10-9-20(29)26-16-3-5-17(6-4-16)32-21(22,23)24/h3-8,12-13,25H,9-11H2,1-2H3,(H,26,29)/t13-/m0/s1. The summed E-state index contributed by atoms with van der Waals surface area (Å²) in [6, 6.07) is 9.01. The van der Waals surface area contributed by atoms with E-state index in [1.807, 2.05) is 6.92 Å². The van der Waals surface area contributed by atoms with E-state index in [4.69, 9.17) is 0 Å². The Morgan fingerprint density at radius 1 is 1.15 bits per heavy atom. The number of hydrogen-bond acceptors (Lipinski definition) is 5. The second kappa shape index (κ2) is 9.40. The van der Waals surface area contributed by atoms with Crippen molar-refractivity contribution in [3.8, 4) is 5.75 Å². The molecule has 12 heteroatoms. The summed E-state index contributed by atoms with van der Waals surface area (Å²) in [5, 5.41) is 2.46. The maximum Gasteiger partial charge on any atom is 0.573 e. The Bertz CT molecular complexity index is 1150. The molecule has 3 rings (SSSR count). The summed E-state index contributed by atoms with van der Waals surface area (Å²) >= 11 is 0. The van der Waals surface area contributed by atoms with Crippen molar-refractivity contribution < 1.29 is 35.9 Å². The first-order valence-electron chi connectivity index (χ1n) is 9.94. The van der Waals surface area contributed by atoms with Gasteiger partial charge < -0.3 is 15.0 Å². The van der Waals surface area contributed by atoms with Gasteiger partial charge in [-0.25, -0.2) is 13.1 Å². The molecule has 178 valence electrons. The van der Waals surface area contributed by atoms with Gasteiger partial charge in [0.2, 0.25) is 21.8 Å². The minimum absolute atomic E-state index is 0.0273. The van der Waals surface area contributed by atoms with E-state index in [0.29, 0.717) is 12.1 Å². The van der Waals surface area contributed by atoms with E-state index in [2.05, 4.69) is 14.8 Å². The van der Waals surface area contributed by atoms with Gasteiger partial charge in [-0.05, 0) is 61.4 Å². The van der Waals surface area contributed by atoms with Gasteiger partial charge in [0.05, 0.1) is 4.90 Å². The first-order chi connectivity index (χ1) is 15.4. The minimum Gasteiger partial charge on any atom is -0.406 e. The van der Waals surface area contributed by atoms with Gasteiger partial charge in [-0.1, -0.05) is 0 Å². The predicted molar refractivity (Wildman–Crippen MR) is 114 cm³/mol. The molecular formula is C21H22F3N3O5S. The highest BCUT2D eigenvalue weighted by molar-refractivity contribution is 7.89. The van der Waals surface area contributed by atoms with Gasteiger partial charge in [0.15, 0.2) is 0 Å². The lowest BCUT2D eigenvalue weighted by Crippen LogP contribution is -2.33. The number of ether oxygens (including phenoxy) is 1. The second-order valence-corrected chi connectivity index (χ2v) is 9.27. The van der Waals surface area contributed by atoms with Gasteiger partial charge in [-0.15, -0.1) is 13.2 Å². The quantitative estimate of drug-likeness (QED) is 0.627. The summed E-state index contributed by atoms with van der Waals surface area (Å²) in [6.45, 7) is 3.15. The third-order valence-electron chi connectivity index (χ3n) is 4.93. The summed E-state index contributed by atoms with van der Waals surface area (Å²) < 4.78 is 67.8. The van der Waals surface area contributed by atoms with Crippen molar-refractivity contribution in [2.45, 2.75) is 44.0 Å². The second-order valence-electron chi connectivity index (χ2n) is 7.50. The topological polar surface area (TPSA) is 105 Å². The van der Waals surface area contributed by atoms with Crippen molar-refractivity contribution in [3.05, 3.63) is 48.0 Å². The van der Waals surface area contributed by atoms with Crippen LogP contribution in [0, 0.1) is 0 Å². The van der Waals surface area contributed by atoms with Gasteiger partial charge in [0.25, 0.3) is 0 Å². The lowest BCUT2D eigenvalue weighted by Gasteiger charge is -2.20. The molecule has 0 spiro atoms. The molecular weight excluding hydrogens is 463 g/mol. The Hall–Kier alpha value is -3.12. The first-order valence-corrected chi connectivity index (χ1v) is 11.4. The van der Waals surface area contributed by atoms with E-state index in [-0.39, 0.29) is 35.5 Å². The zero-order chi connectivity index (χ0) is 24.4. The molecule has 0 bridgehead atoms. The summed E-state index contributed by atoms with van der Waals surface area (Å²) in [5.41, 5.74) is 1.66. The van der Waals surface area contributed by atoms with E-state index in [1.54, 1.807) is 11.0 Å². The normalized spacial score (nSPS) is 15.8. The minimum atomic E-state index is -4.81. The van der Waals surface area contributed by atoms with Crippen molar-refractivity contribution in [1.29, 1.82) is 0 Å². The smallest absolute Gasteiger partial charge is 0.406 e. The monoisotopic (exact) mass is 485 g/mol. The zero-order valence-electron chi connectivity index (χ0n) is 17.8. The molecule has 0 fully saturated rings. The number of hydrogen-bond donors (Lipinski definition) is 2. The molecule has 2 aromatic carbocycles. The summed E-state index contributed by atoms with van der Waals surface area (Å²) in [4.78, 5) is 25.5. The third kappa shape index (κ3) is 6.23. The van der Waals surface area contributed by atoms with Crippen LogP contribution in [-0.4, -0.2) is 39.2 Å². The molecule has 1 atom stereocenters. The number of nitrogens with zero attached hydrogens (tertiary/aromatic N) is 1. The SMILES string of the molecule is CC(=O)N1c2ccc(S(=O)(=O)NCCC(=O)Nc3ccc(OC(F)(F)F)cc3)cc2C[C@@H]1C. The fourth-order valence-electron chi connectivity index (χ4n) is 3.60. The zero-order valence-corrected chi connectivity index (χ0v) is 18.6. The molecule has 0 saturated heterocycles. The van der Waals surface area contributed by atoms with Gasteiger partial charge in [0.1, 0.15) is 5.75 Å². The van der Waals surface area contributed by atoms with Gasteiger partial charge >= 0.3 is 6.36 Å². The number of benzene rings is 2. The number of sulfonamides is 1. The first kappa shape index (κ1) is 24.5. The average molecular weight is 485 g/mol. The molecule has 0 aliphatic carbocycles. The number of halogens is 3. The predicted octanol–water partition coefficient (Wildman–Crippen LogP) is 3.19. The van der Waals surface area contributed by atoms with Crippen molar-refractivity contribution in [3.63, 3.8) is 0 Å². The molecule has 0 saturated carbocycles. The van der Waals surface area contributed by atoms with Crippen molar-refractivity contribution >= 4 is 33.2 Å². The lowest BCUT2D eigenvalue weighted by atomic mass is 10.1. The number of carbonyl (C=O) groups is 2. The highest BCUT2D eigenvalue weighted by Crippen LogP contribution is 2.33. The molecule has 2 aromatic rings. The van der Waals surface area contributed by atoms with E-state index in [9.17, 15) is 31.2 Å². The fourth-order valence-corrected chi connectivity index (χ4v) is 4.68. The number of anilines is 2. The molecule has 0 unspecified atom stereocenters. The van der Waals surface area contributed by atoms with Crippen LogP contribution in [0.25, 0.3) is 0 Å². The van der Waals surface area contributed by atoms with E-state index >= 15 is 0 Å². The lowest BCUT2D eigenvalue weighted by molar-refractivity contribution is -0.274. The summed E-state index contributed by atoms with van der Waals surface area (Å²) in [5.74, 6) is -1.07. The molecule has 1 heterocycles. The van der Waals surface area contributed by atoms with Crippen molar-refractivity contribution in [1.82, 2.24) is 4.72 Å². The van der Waals surface area contributed by atoms with Crippen LogP contribution >= 0.6 is 0 Å². The van der Waals surface area contributed by atoms with Crippen LogP contribution in [0.15, 0.2) is 47.4 Å². The molecule has 2 amide bonds. The Balaban J connectivity index is 1.54. The van der Waals surface area contributed by atoms with Crippen LogP contribution in [0.4, 0.5) is 24.5 Å². The highest BCUT2D eigenvalue weighted by atomic mass is 32.2. The maximum absolute atomic E-state index is 12.6. The number of nitrogens with one attached hydrogen (secondary N) is 2. The molecule has 33 heavy (non-hydrogen) atoms. The van der Waals surface area contributed by atoms with Crippen molar-refractivity contribution in [2.24, 2.45) is 0 Å². The number of alkyl halides is 3. The number of rotatable bonds is 7. The highest BCUT2D eigenvalue weighted by Gasteiger charge is 2.31. The largest absolute Gasteiger partial charge is 0.573 e. The fraction of sp³-hybridized carbons (Fsp3) is 0.333. The van der Waals surface area contributed by atoms with Crippen LogP contribution in [0.3, 0.4) is 0 Å². The molecule has 8 nitrogen and oxygen atoms in total. The van der Waals surface area contributed by atoms with E-state index < -0.39 is 28.0 Å². The Morgan fingerprint density at radius 2 is 1.82 bits per heavy atom. The van der Waals surface area contributed by atoms with Crippen molar-refractivity contribution in [2.75, 3.05) is 16.8 Å². The number of fused-ring (bicyclic) bond motifs is 1. The number of amides is 2. The van der Waals surface area contributed by atoms with E-state index in [0.717, 1.165) is 17.7 Å². The Morgan fingerprint density at radius 3 is 2.42 bits per heavy atom. The van der Waals surface area contributed by atoms with E-state index in [1.165, 1.54) is 31.2 Å². The third-order valence-corrected chi connectivity index (χ3v) is 6.39. The van der Waals surface area contributed by atoms with Crippen LogP contribution in [0.1, 0.15) is 25.8 Å². The Labute approximate surface area is 188 Å². The van der Waals surface area contributed by atoms with Crippen LogP contribution in [-0.2, 0) is 26.0 Å². The Kier molecular flexibility index (Phi) is 6.98. The number of carbonyl (C=O) groups excluding carboxylic acids is 2. The van der Waals surface area contributed by atoms with Crippen LogP contribution in [0.5, 0.6) is 5.75 Å². The molecule has 1 aliphatic rings. The van der Waals surface area contributed by atoms with Gasteiger partial charge in [-0.2, -0.15) is 0 Å². The summed E-state index contributed by atoms with van der Waals surface area (Å²) in [6.07, 6.45) is -4.47. The molecule has 0 aromatic heterocycles. The van der Waals surface area contributed by atoms with Crippen LogP contribution in [0.2, 0.25) is 0 Å². The molecule has 1 aliphatic heterocycles. The van der Waals surface area contributed by atoms with Gasteiger partial charge in [0, 0.05) is 37.3 Å². The maximum atomic E-state index is 12.6.